The lowest BCUT2D eigenvalue weighted by Gasteiger charge is -2.08. The summed E-state index contributed by atoms with van der Waals surface area (Å²) in [5.41, 5.74) is 5.97. The van der Waals surface area contributed by atoms with E-state index in [-0.39, 0.29) is 0 Å². The molecule has 0 fully saturated rings. The molecular weight excluding hydrogens is 358 g/mol. The van der Waals surface area contributed by atoms with Crippen LogP contribution >= 0.6 is 15.9 Å². The molecule has 0 spiro atoms. The molecule has 3 aromatic carbocycles. The highest BCUT2D eigenvalue weighted by Gasteiger charge is 2.11. The van der Waals surface area contributed by atoms with Crippen LogP contribution < -0.4 is 0 Å². The molecule has 1 N–H and O–H groups in total. The van der Waals surface area contributed by atoms with Crippen molar-refractivity contribution in [3.8, 4) is 0 Å². The maximum absolute atomic E-state index is 3.59. The second kappa shape index (κ2) is 6.50. The van der Waals surface area contributed by atoms with Crippen molar-refractivity contribution in [3.63, 3.8) is 0 Å². The smallest absolute Gasteiger partial charge is 0.0461 e. The molecule has 0 saturated heterocycles. The molecule has 0 bridgehead atoms. The van der Waals surface area contributed by atoms with Crippen LogP contribution in [0.5, 0.6) is 0 Å². The SMILES string of the molecule is Brc1ccc2[nH]cc(/C(=C\c3ccccc3)c3ccccc3)c2c1. The highest BCUT2D eigenvalue weighted by atomic mass is 79.9. The van der Waals surface area contributed by atoms with Crippen LogP contribution in [0.15, 0.2) is 89.5 Å². The Labute approximate surface area is 149 Å². The van der Waals surface area contributed by atoms with Crippen molar-refractivity contribution < 1.29 is 0 Å². The van der Waals surface area contributed by atoms with Gasteiger partial charge in [-0.1, -0.05) is 76.6 Å². The summed E-state index contributed by atoms with van der Waals surface area (Å²) in [6.07, 6.45) is 4.34. The van der Waals surface area contributed by atoms with Crippen molar-refractivity contribution in [2.45, 2.75) is 0 Å². The Kier molecular flexibility index (Phi) is 4.06. The molecule has 0 saturated carbocycles. The summed E-state index contributed by atoms with van der Waals surface area (Å²) in [5, 5.41) is 1.22. The van der Waals surface area contributed by atoms with E-state index in [1.54, 1.807) is 0 Å². The molecule has 4 rings (SSSR count). The molecule has 2 heteroatoms. The maximum atomic E-state index is 3.59. The first-order chi connectivity index (χ1) is 11.8. The molecule has 1 aromatic heterocycles. The highest BCUT2D eigenvalue weighted by Crippen LogP contribution is 2.33. The van der Waals surface area contributed by atoms with E-state index in [0.717, 1.165) is 9.99 Å². The number of aromatic amines is 1. The second-order valence-electron chi connectivity index (χ2n) is 5.73. The number of hydrogen-bond donors (Lipinski definition) is 1. The molecule has 116 valence electrons. The lowest BCUT2D eigenvalue weighted by Crippen LogP contribution is -1.87. The van der Waals surface area contributed by atoms with E-state index >= 15 is 0 Å². The summed E-state index contributed by atoms with van der Waals surface area (Å²) in [6.45, 7) is 0. The summed E-state index contributed by atoms with van der Waals surface area (Å²) in [7, 11) is 0. The quantitative estimate of drug-likeness (QED) is 0.393. The van der Waals surface area contributed by atoms with Gasteiger partial charge in [0.2, 0.25) is 0 Å². The van der Waals surface area contributed by atoms with Crippen molar-refractivity contribution in [1.29, 1.82) is 0 Å². The van der Waals surface area contributed by atoms with Gasteiger partial charge in [0.05, 0.1) is 0 Å². The van der Waals surface area contributed by atoms with Gasteiger partial charge in [0.15, 0.2) is 0 Å². The summed E-state index contributed by atoms with van der Waals surface area (Å²) in [6, 6.07) is 27.3. The largest absolute Gasteiger partial charge is 0.361 e. The topological polar surface area (TPSA) is 15.8 Å². The van der Waals surface area contributed by atoms with Gasteiger partial charge in [-0.15, -0.1) is 0 Å². The summed E-state index contributed by atoms with van der Waals surface area (Å²) >= 11 is 3.59. The van der Waals surface area contributed by atoms with E-state index in [0.29, 0.717) is 0 Å². The van der Waals surface area contributed by atoms with Crippen LogP contribution in [0.1, 0.15) is 16.7 Å². The van der Waals surface area contributed by atoms with Crippen molar-refractivity contribution in [1.82, 2.24) is 4.98 Å². The van der Waals surface area contributed by atoms with E-state index in [1.165, 1.54) is 27.6 Å². The molecule has 0 radical (unpaired) electrons. The fourth-order valence-electron chi connectivity index (χ4n) is 2.97. The van der Waals surface area contributed by atoms with Crippen LogP contribution in [-0.4, -0.2) is 4.98 Å². The van der Waals surface area contributed by atoms with Gasteiger partial charge in [0, 0.05) is 27.1 Å². The minimum Gasteiger partial charge on any atom is -0.361 e. The van der Waals surface area contributed by atoms with Gasteiger partial charge in [-0.3, -0.25) is 0 Å². The fraction of sp³-hybridized carbons (Fsp3) is 0. The van der Waals surface area contributed by atoms with Gasteiger partial charge < -0.3 is 4.98 Å². The molecule has 0 unspecified atom stereocenters. The van der Waals surface area contributed by atoms with Crippen LogP contribution in [0, 0.1) is 0 Å². The first kappa shape index (κ1) is 15.0. The first-order valence-corrected chi connectivity index (χ1v) is 8.70. The predicted octanol–water partition coefficient (Wildman–Crippen LogP) is 6.52. The Balaban J connectivity index is 1.96. The minimum atomic E-state index is 1.09. The summed E-state index contributed by atoms with van der Waals surface area (Å²) in [5.74, 6) is 0. The molecule has 0 aliphatic heterocycles. The Bertz CT molecular complexity index is 998. The number of halogens is 1. The number of aromatic nitrogens is 1. The molecule has 0 aliphatic rings. The average molecular weight is 374 g/mol. The number of hydrogen-bond acceptors (Lipinski definition) is 0. The van der Waals surface area contributed by atoms with Crippen molar-refractivity contribution in [2.24, 2.45) is 0 Å². The maximum Gasteiger partial charge on any atom is 0.0461 e. The summed E-state index contributed by atoms with van der Waals surface area (Å²) in [4.78, 5) is 3.39. The predicted molar refractivity (Wildman–Crippen MR) is 106 cm³/mol. The van der Waals surface area contributed by atoms with Gasteiger partial charge in [-0.2, -0.15) is 0 Å². The van der Waals surface area contributed by atoms with Crippen molar-refractivity contribution in [2.75, 3.05) is 0 Å². The second-order valence-corrected chi connectivity index (χ2v) is 6.64. The zero-order valence-corrected chi connectivity index (χ0v) is 14.6. The Morgan fingerprint density at radius 2 is 1.54 bits per heavy atom. The summed E-state index contributed by atoms with van der Waals surface area (Å²) < 4.78 is 1.09. The fourth-order valence-corrected chi connectivity index (χ4v) is 3.33. The zero-order chi connectivity index (χ0) is 16.4. The standard InChI is InChI=1S/C22H16BrN/c23-18-11-12-22-20(14-18)21(15-24-22)19(17-9-5-2-6-10-17)13-16-7-3-1-4-8-16/h1-15,24H/b19-13-. The Morgan fingerprint density at radius 3 is 2.29 bits per heavy atom. The van der Waals surface area contributed by atoms with Crippen LogP contribution in [0.4, 0.5) is 0 Å². The van der Waals surface area contributed by atoms with Crippen LogP contribution in [0.2, 0.25) is 0 Å². The third kappa shape index (κ3) is 2.93. The first-order valence-electron chi connectivity index (χ1n) is 7.90. The average Bonchev–Trinajstić information content (AvgIpc) is 3.04. The molecule has 0 aliphatic carbocycles. The molecule has 0 atom stereocenters. The monoisotopic (exact) mass is 373 g/mol. The third-order valence-electron chi connectivity index (χ3n) is 4.13. The highest BCUT2D eigenvalue weighted by molar-refractivity contribution is 9.10. The number of benzene rings is 3. The van der Waals surface area contributed by atoms with E-state index < -0.39 is 0 Å². The normalized spacial score (nSPS) is 11.8. The van der Waals surface area contributed by atoms with Gasteiger partial charge in [0.25, 0.3) is 0 Å². The molecule has 24 heavy (non-hydrogen) atoms. The van der Waals surface area contributed by atoms with E-state index in [2.05, 4.69) is 106 Å². The van der Waals surface area contributed by atoms with Gasteiger partial charge in [-0.25, -0.2) is 0 Å². The van der Waals surface area contributed by atoms with Crippen molar-refractivity contribution >= 4 is 38.5 Å². The van der Waals surface area contributed by atoms with Crippen LogP contribution in [0.3, 0.4) is 0 Å². The Morgan fingerprint density at radius 1 is 0.833 bits per heavy atom. The van der Waals surface area contributed by atoms with E-state index in [1.807, 2.05) is 6.07 Å². The van der Waals surface area contributed by atoms with Gasteiger partial charge in [-0.05, 0) is 41.0 Å². The Hall–Kier alpha value is -2.58. The molecular formula is C22H16BrN. The van der Waals surface area contributed by atoms with E-state index in [4.69, 9.17) is 0 Å². The van der Waals surface area contributed by atoms with Gasteiger partial charge in [0.1, 0.15) is 0 Å². The zero-order valence-electron chi connectivity index (χ0n) is 13.0. The van der Waals surface area contributed by atoms with Crippen LogP contribution in [0.25, 0.3) is 22.6 Å². The van der Waals surface area contributed by atoms with Crippen LogP contribution in [-0.2, 0) is 0 Å². The van der Waals surface area contributed by atoms with Crippen molar-refractivity contribution in [3.05, 3.63) is 106 Å². The lowest BCUT2D eigenvalue weighted by molar-refractivity contribution is 1.46. The minimum absolute atomic E-state index is 1.09. The number of nitrogens with one attached hydrogen (secondary N) is 1. The molecule has 4 aromatic rings. The lowest BCUT2D eigenvalue weighted by atomic mass is 9.95. The molecule has 1 nitrogen and oxygen atoms in total. The molecule has 1 heterocycles. The molecule has 0 amide bonds. The van der Waals surface area contributed by atoms with E-state index in [9.17, 15) is 0 Å². The number of H-pyrrole nitrogens is 1. The number of rotatable bonds is 3. The third-order valence-corrected chi connectivity index (χ3v) is 4.62. The number of fused-ring (bicyclic) bond motifs is 1. The van der Waals surface area contributed by atoms with Gasteiger partial charge >= 0.3 is 0 Å².